The van der Waals surface area contributed by atoms with Gasteiger partial charge in [0.15, 0.2) is 0 Å². The van der Waals surface area contributed by atoms with E-state index in [0.29, 0.717) is 23.6 Å². The maximum Gasteiger partial charge on any atom is 0.344 e. The van der Waals surface area contributed by atoms with Gasteiger partial charge >= 0.3 is 5.97 Å². The van der Waals surface area contributed by atoms with Crippen LogP contribution in [0.2, 0.25) is 0 Å². The summed E-state index contributed by atoms with van der Waals surface area (Å²) in [6.07, 6.45) is 0. The Bertz CT molecular complexity index is 640. The number of rotatable bonds is 5. The summed E-state index contributed by atoms with van der Waals surface area (Å²) in [7, 11) is 0. The number of hydrogen-bond acceptors (Lipinski definition) is 5. The van der Waals surface area contributed by atoms with Gasteiger partial charge in [-0.05, 0) is 36.8 Å². The molecule has 0 aliphatic rings. The second-order valence-corrected chi connectivity index (χ2v) is 4.40. The Morgan fingerprint density at radius 2 is 2.00 bits per heavy atom. The lowest BCUT2D eigenvalue weighted by molar-refractivity contribution is 0.0469. The Hall–Kier alpha value is -2.69. The molecule has 0 aliphatic heterocycles. The third kappa shape index (κ3) is 3.66. The van der Waals surface area contributed by atoms with E-state index in [1.807, 2.05) is 6.92 Å². The molecular weight excluding hydrogens is 270 g/mol. The number of hydrogen-bond donors (Lipinski definition) is 2. The number of nitrogens with two attached hydrogens (primary N) is 1. The van der Waals surface area contributed by atoms with Crippen molar-refractivity contribution >= 4 is 11.7 Å². The summed E-state index contributed by atoms with van der Waals surface area (Å²) in [4.78, 5) is 12.2. The molecule has 2 aromatic rings. The molecule has 110 valence electrons. The Balaban J connectivity index is 2.13. The van der Waals surface area contributed by atoms with Crippen molar-refractivity contribution in [3.63, 3.8) is 0 Å². The lowest BCUT2D eigenvalue weighted by Crippen LogP contribution is -2.11. The molecular formula is C16H17NO4. The minimum absolute atomic E-state index is 0.0487. The average Bonchev–Trinajstić information content (AvgIpc) is 2.45. The van der Waals surface area contributed by atoms with Crippen LogP contribution in [0.3, 0.4) is 0 Å². The molecule has 0 atom stereocenters. The van der Waals surface area contributed by atoms with E-state index in [-0.39, 0.29) is 17.9 Å². The van der Waals surface area contributed by atoms with Gasteiger partial charge in [0, 0.05) is 5.69 Å². The van der Waals surface area contributed by atoms with E-state index in [9.17, 15) is 9.90 Å². The summed E-state index contributed by atoms with van der Waals surface area (Å²) in [6, 6.07) is 11.5. The van der Waals surface area contributed by atoms with E-state index < -0.39 is 5.97 Å². The SMILES string of the molecule is CCOc1cccc(N)c1C(=O)OCc1cccc(O)c1. The van der Waals surface area contributed by atoms with E-state index >= 15 is 0 Å². The van der Waals surface area contributed by atoms with Gasteiger partial charge in [-0.15, -0.1) is 0 Å². The van der Waals surface area contributed by atoms with Gasteiger partial charge in [-0.1, -0.05) is 18.2 Å². The molecule has 21 heavy (non-hydrogen) atoms. The minimum Gasteiger partial charge on any atom is -0.508 e. The second kappa shape index (κ2) is 6.65. The standard InChI is InChI=1S/C16H17NO4/c1-2-20-14-8-4-7-13(17)15(14)16(19)21-10-11-5-3-6-12(18)9-11/h3-9,18H,2,10,17H2,1H3. The van der Waals surface area contributed by atoms with Crippen molar-refractivity contribution in [3.8, 4) is 11.5 Å². The van der Waals surface area contributed by atoms with Crippen LogP contribution in [0.15, 0.2) is 42.5 Å². The fourth-order valence-corrected chi connectivity index (χ4v) is 1.91. The van der Waals surface area contributed by atoms with E-state index in [1.165, 1.54) is 6.07 Å². The molecule has 0 heterocycles. The lowest BCUT2D eigenvalue weighted by Gasteiger charge is -2.12. The Morgan fingerprint density at radius 3 is 2.71 bits per heavy atom. The van der Waals surface area contributed by atoms with Gasteiger partial charge in [-0.25, -0.2) is 4.79 Å². The highest BCUT2D eigenvalue weighted by molar-refractivity contribution is 5.98. The molecule has 0 radical (unpaired) electrons. The van der Waals surface area contributed by atoms with E-state index in [4.69, 9.17) is 15.2 Å². The number of anilines is 1. The largest absolute Gasteiger partial charge is 0.508 e. The van der Waals surface area contributed by atoms with Crippen LogP contribution in [-0.4, -0.2) is 17.7 Å². The van der Waals surface area contributed by atoms with Crippen LogP contribution in [-0.2, 0) is 11.3 Å². The van der Waals surface area contributed by atoms with Crippen molar-refractivity contribution in [3.05, 3.63) is 53.6 Å². The molecule has 2 aromatic carbocycles. The van der Waals surface area contributed by atoms with Crippen LogP contribution in [0.1, 0.15) is 22.8 Å². The summed E-state index contributed by atoms with van der Waals surface area (Å²) in [6.45, 7) is 2.30. The fraction of sp³-hybridized carbons (Fsp3) is 0.188. The third-order valence-corrected chi connectivity index (χ3v) is 2.84. The van der Waals surface area contributed by atoms with E-state index in [1.54, 1.807) is 36.4 Å². The predicted octanol–water partition coefficient (Wildman–Crippen LogP) is 2.73. The van der Waals surface area contributed by atoms with Gasteiger partial charge in [0.2, 0.25) is 0 Å². The number of phenols is 1. The Labute approximate surface area is 122 Å². The first-order chi connectivity index (χ1) is 10.1. The first kappa shape index (κ1) is 14.7. The number of nitrogen functional groups attached to an aromatic ring is 1. The molecule has 0 amide bonds. The second-order valence-electron chi connectivity index (χ2n) is 4.40. The highest BCUT2D eigenvalue weighted by Crippen LogP contribution is 2.26. The smallest absolute Gasteiger partial charge is 0.344 e. The van der Waals surface area contributed by atoms with E-state index in [2.05, 4.69) is 0 Å². The van der Waals surface area contributed by atoms with Gasteiger partial charge in [-0.3, -0.25) is 0 Å². The van der Waals surface area contributed by atoms with Gasteiger partial charge in [0.25, 0.3) is 0 Å². The Kier molecular flexibility index (Phi) is 4.66. The highest BCUT2D eigenvalue weighted by Gasteiger charge is 2.17. The number of ether oxygens (including phenoxy) is 2. The zero-order chi connectivity index (χ0) is 15.2. The number of esters is 1. The summed E-state index contributed by atoms with van der Waals surface area (Å²) in [5, 5.41) is 9.37. The minimum atomic E-state index is -0.556. The average molecular weight is 287 g/mol. The monoisotopic (exact) mass is 287 g/mol. The molecule has 5 nitrogen and oxygen atoms in total. The number of carbonyl (C=O) groups is 1. The first-order valence-electron chi connectivity index (χ1n) is 6.58. The summed E-state index contributed by atoms with van der Waals surface area (Å²) in [5.41, 5.74) is 7.04. The zero-order valence-corrected chi connectivity index (χ0v) is 11.7. The van der Waals surface area contributed by atoms with Crippen molar-refractivity contribution < 1.29 is 19.4 Å². The number of carbonyl (C=O) groups excluding carboxylic acids is 1. The maximum absolute atomic E-state index is 12.2. The quantitative estimate of drug-likeness (QED) is 0.652. The van der Waals surface area contributed by atoms with Crippen LogP contribution in [0.25, 0.3) is 0 Å². The third-order valence-electron chi connectivity index (χ3n) is 2.84. The molecule has 0 spiro atoms. The molecule has 0 aromatic heterocycles. The van der Waals surface area contributed by atoms with Gasteiger partial charge in [0.1, 0.15) is 23.7 Å². The molecule has 0 aliphatic carbocycles. The maximum atomic E-state index is 12.2. The van der Waals surface area contributed by atoms with Crippen LogP contribution < -0.4 is 10.5 Å². The zero-order valence-electron chi connectivity index (χ0n) is 11.7. The lowest BCUT2D eigenvalue weighted by atomic mass is 10.1. The topological polar surface area (TPSA) is 81.8 Å². The van der Waals surface area contributed by atoms with Gasteiger partial charge in [0.05, 0.1) is 6.61 Å². The summed E-state index contributed by atoms with van der Waals surface area (Å²) in [5.74, 6) is -0.0314. The molecule has 5 heteroatoms. The van der Waals surface area contributed by atoms with Crippen molar-refractivity contribution in [2.75, 3.05) is 12.3 Å². The highest BCUT2D eigenvalue weighted by atomic mass is 16.5. The molecule has 3 N–H and O–H groups in total. The normalized spacial score (nSPS) is 10.1. The molecule has 0 saturated carbocycles. The van der Waals surface area contributed by atoms with Crippen LogP contribution >= 0.6 is 0 Å². The molecule has 0 fully saturated rings. The van der Waals surface area contributed by atoms with Crippen molar-refractivity contribution in [2.45, 2.75) is 13.5 Å². The Morgan fingerprint density at radius 1 is 1.24 bits per heavy atom. The van der Waals surface area contributed by atoms with Gasteiger partial charge in [-0.2, -0.15) is 0 Å². The van der Waals surface area contributed by atoms with Crippen LogP contribution in [0.4, 0.5) is 5.69 Å². The van der Waals surface area contributed by atoms with Crippen LogP contribution in [0.5, 0.6) is 11.5 Å². The summed E-state index contributed by atoms with van der Waals surface area (Å²) >= 11 is 0. The van der Waals surface area contributed by atoms with Crippen LogP contribution in [0, 0.1) is 0 Å². The van der Waals surface area contributed by atoms with E-state index in [0.717, 1.165) is 0 Å². The molecule has 0 bridgehead atoms. The molecule has 0 saturated heterocycles. The van der Waals surface area contributed by atoms with Gasteiger partial charge < -0.3 is 20.3 Å². The van der Waals surface area contributed by atoms with Crippen molar-refractivity contribution in [1.82, 2.24) is 0 Å². The molecule has 2 rings (SSSR count). The molecule has 0 unspecified atom stereocenters. The predicted molar refractivity (Wildman–Crippen MR) is 79.2 cm³/mol. The van der Waals surface area contributed by atoms with Crippen molar-refractivity contribution in [1.29, 1.82) is 0 Å². The number of benzene rings is 2. The number of phenolic OH excluding ortho intramolecular Hbond substituents is 1. The number of aromatic hydroxyl groups is 1. The first-order valence-corrected chi connectivity index (χ1v) is 6.58. The summed E-state index contributed by atoms with van der Waals surface area (Å²) < 4.78 is 10.6. The fourth-order valence-electron chi connectivity index (χ4n) is 1.91. The van der Waals surface area contributed by atoms with Crippen molar-refractivity contribution in [2.24, 2.45) is 0 Å².